The third-order valence-corrected chi connectivity index (χ3v) is 3.42. The molecule has 1 N–H and O–H groups in total. The maximum atomic E-state index is 4.40. The Morgan fingerprint density at radius 3 is 2.88 bits per heavy atom. The summed E-state index contributed by atoms with van der Waals surface area (Å²) < 4.78 is 0. The van der Waals surface area contributed by atoms with Crippen LogP contribution in [0.1, 0.15) is 43.6 Å². The van der Waals surface area contributed by atoms with Crippen molar-refractivity contribution in [1.82, 2.24) is 15.3 Å². The number of hydrogen-bond donors (Lipinski definition) is 1. The fraction of sp³-hybridized carbons (Fsp3) is 0.571. The van der Waals surface area contributed by atoms with Crippen molar-refractivity contribution in [3.05, 3.63) is 35.9 Å². The summed E-state index contributed by atoms with van der Waals surface area (Å²) in [4.78, 5) is 8.68. The van der Waals surface area contributed by atoms with E-state index in [-0.39, 0.29) is 6.04 Å². The maximum Gasteiger partial charge on any atom is 0.0782 e. The molecule has 1 aliphatic rings. The van der Waals surface area contributed by atoms with E-state index in [4.69, 9.17) is 0 Å². The molecule has 3 nitrogen and oxygen atoms in total. The Hall–Kier alpha value is -1.22. The second-order valence-corrected chi connectivity index (χ2v) is 4.81. The zero-order valence-corrected chi connectivity index (χ0v) is 10.7. The Bertz CT molecular complexity index is 387. The molecule has 0 spiro atoms. The topological polar surface area (TPSA) is 37.8 Å². The summed E-state index contributed by atoms with van der Waals surface area (Å²) >= 11 is 0. The Morgan fingerprint density at radius 2 is 2.18 bits per heavy atom. The lowest BCUT2D eigenvalue weighted by atomic mass is 9.94. The van der Waals surface area contributed by atoms with Crippen molar-refractivity contribution >= 4 is 0 Å². The van der Waals surface area contributed by atoms with Crippen LogP contribution < -0.4 is 5.32 Å². The van der Waals surface area contributed by atoms with E-state index >= 15 is 0 Å². The summed E-state index contributed by atoms with van der Waals surface area (Å²) in [6.07, 6.45) is 11.8. The van der Waals surface area contributed by atoms with Gasteiger partial charge in [-0.2, -0.15) is 0 Å². The predicted octanol–water partition coefficient (Wildman–Crippen LogP) is 2.79. The van der Waals surface area contributed by atoms with Gasteiger partial charge in [0.15, 0.2) is 0 Å². The van der Waals surface area contributed by atoms with Gasteiger partial charge >= 0.3 is 0 Å². The largest absolute Gasteiger partial charge is 0.309 e. The molecular weight excluding hydrogens is 210 g/mol. The molecule has 2 unspecified atom stereocenters. The fourth-order valence-electron chi connectivity index (χ4n) is 2.33. The van der Waals surface area contributed by atoms with Crippen LogP contribution in [-0.4, -0.2) is 16.5 Å². The molecule has 0 radical (unpaired) electrons. The summed E-state index contributed by atoms with van der Waals surface area (Å²) in [5, 5.41) is 3.57. The lowest BCUT2D eigenvalue weighted by molar-refractivity contribution is 0.411. The molecule has 0 saturated carbocycles. The second kappa shape index (κ2) is 5.92. The zero-order chi connectivity index (χ0) is 12.1. The van der Waals surface area contributed by atoms with Crippen LogP contribution >= 0.6 is 0 Å². The van der Waals surface area contributed by atoms with Gasteiger partial charge in [0.1, 0.15) is 0 Å². The number of nitrogens with one attached hydrogen (secondary N) is 1. The molecule has 0 amide bonds. The van der Waals surface area contributed by atoms with Gasteiger partial charge in [-0.3, -0.25) is 9.97 Å². The van der Waals surface area contributed by atoms with Crippen LogP contribution in [0.4, 0.5) is 0 Å². The minimum absolute atomic E-state index is 0.287. The van der Waals surface area contributed by atoms with Crippen LogP contribution in [-0.2, 0) is 0 Å². The van der Waals surface area contributed by atoms with E-state index in [9.17, 15) is 0 Å². The maximum absolute atomic E-state index is 4.40. The molecule has 2 rings (SSSR count). The smallest absolute Gasteiger partial charge is 0.0782 e. The number of aromatic nitrogens is 2. The minimum Gasteiger partial charge on any atom is -0.309 e. The average Bonchev–Trinajstić information content (AvgIpc) is 2.38. The summed E-state index contributed by atoms with van der Waals surface area (Å²) in [7, 11) is 0. The molecule has 0 aliphatic heterocycles. The monoisotopic (exact) mass is 231 g/mol. The molecule has 17 heavy (non-hydrogen) atoms. The number of nitrogens with zero attached hydrogens (tertiary/aromatic N) is 2. The number of allylic oxidation sites excluding steroid dienone is 2. The lowest BCUT2D eigenvalue weighted by Crippen LogP contribution is -2.27. The van der Waals surface area contributed by atoms with E-state index in [2.05, 4.69) is 34.4 Å². The first-order valence-electron chi connectivity index (χ1n) is 6.43. The average molecular weight is 231 g/mol. The van der Waals surface area contributed by atoms with Gasteiger partial charge in [-0.1, -0.05) is 12.2 Å². The number of hydrogen-bond acceptors (Lipinski definition) is 3. The molecule has 1 aromatic heterocycles. The van der Waals surface area contributed by atoms with Crippen molar-refractivity contribution in [2.45, 2.75) is 39.2 Å². The van der Waals surface area contributed by atoms with Crippen LogP contribution in [0.25, 0.3) is 0 Å². The van der Waals surface area contributed by atoms with E-state index in [1.165, 1.54) is 19.3 Å². The summed E-state index contributed by atoms with van der Waals surface area (Å²) in [6.45, 7) is 5.25. The van der Waals surface area contributed by atoms with E-state index in [1.54, 1.807) is 12.4 Å². The molecule has 0 bridgehead atoms. The van der Waals surface area contributed by atoms with Gasteiger partial charge in [-0.15, -0.1) is 0 Å². The van der Waals surface area contributed by atoms with Crippen molar-refractivity contribution in [2.75, 3.05) is 6.54 Å². The number of aryl methyl sites for hydroxylation is 1. The van der Waals surface area contributed by atoms with E-state index < -0.39 is 0 Å². The van der Waals surface area contributed by atoms with Crippen molar-refractivity contribution < 1.29 is 0 Å². The molecule has 0 fully saturated rings. The standard InChI is InChI=1S/C14H21N3/c1-11-14(16-9-8-15-11)12(2)17-10-13-6-4-3-5-7-13/h3-4,8-9,12-13,17H,5-7,10H2,1-2H3. The molecule has 0 saturated heterocycles. The van der Waals surface area contributed by atoms with Gasteiger partial charge in [0, 0.05) is 18.4 Å². The third kappa shape index (κ3) is 3.37. The first-order valence-corrected chi connectivity index (χ1v) is 6.43. The van der Waals surface area contributed by atoms with E-state index in [0.717, 1.165) is 23.9 Å². The van der Waals surface area contributed by atoms with Crippen molar-refractivity contribution in [1.29, 1.82) is 0 Å². The highest BCUT2D eigenvalue weighted by Crippen LogP contribution is 2.19. The van der Waals surface area contributed by atoms with E-state index in [1.807, 2.05) is 6.92 Å². The zero-order valence-electron chi connectivity index (χ0n) is 10.7. The van der Waals surface area contributed by atoms with Gasteiger partial charge in [0.05, 0.1) is 11.4 Å². The van der Waals surface area contributed by atoms with Gasteiger partial charge in [-0.25, -0.2) is 0 Å². The quantitative estimate of drug-likeness (QED) is 0.810. The fourth-order valence-corrected chi connectivity index (χ4v) is 2.33. The van der Waals surface area contributed by atoms with Crippen molar-refractivity contribution in [3.8, 4) is 0 Å². The van der Waals surface area contributed by atoms with Gasteiger partial charge in [0.25, 0.3) is 0 Å². The third-order valence-electron chi connectivity index (χ3n) is 3.42. The molecule has 2 atom stereocenters. The lowest BCUT2D eigenvalue weighted by Gasteiger charge is -2.21. The molecule has 0 aromatic carbocycles. The Balaban J connectivity index is 1.87. The summed E-state index contributed by atoms with van der Waals surface area (Å²) in [6, 6.07) is 0.287. The first-order chi connectivity index (χ1) is 8.27. The van der Waals surface area contributed by atoms with Crippen LogP contribution in [0, 0.1) is 12.8 Å². The highest BCUT2D eigenvalue weighted by molar-refractivity contribution is 5.12. The molecular formula is C14H21N3. The Labute approximate surface area is 103 Å². The van der Waals surface area contributed by atoms with Gasteiger partial charge in [0.2, 0.25) is 0 Å². The number of rotatable bonds is 4. The highest BCUT2D eigenvalue weighted by atomic mass is 14.9. The Kier molecular flexibility index (Phi) is 4.26. The second-order valence-electron chi connectivity index (χ2n) is 4.81. The minimum atomic E-state index is 0.287. The molecule has 1 aliphatic carbocycles. The summed E-state index contributed by atoms with van der Waals surface area (Å²) in [5.74, 6) is 0.777. The predicted molar refractivity (Wildman–Crippen MR) is 69.7 cm³/mol. The highest BCUT2D eigenvalue weighted by Gasteiger charge is 2.14. The SMILES string of the molecule is Cc1nccnc1C(C)NCC1CC=CCC1. The van der Waals surface area contributed by atoms with Crippen LogP contribution in [0.15, 0.2) is 24.5 Å². The van der Waals surface area contributed by atoms with Crippen molar-refractivity contribution in [2.24, 2.45) is 5.92 Å². The Morgan fingerprint density at radius 1 is 1.35 bits per heavy atom. The molecule has 1 aromatic rings. The van der Waals surface area contributed by atoms with Crippen LogP contribution in [0.5, 0.6) is 0 Å². The molecule has 3 heteroatoms. The normalized spacial score (nSPS) is 21.4. The first kappa shape index (κ1) is 12.2. The summed E-state index contributed by atoms with van der Waals surface area (Å²) in [5.41, 5.74) is 2.09. The van der Waals surface area contributed by atoms with E-state index in [0.29, 0.717) is 0 Å². The van der Waals surface area contributed by atoms with Crippen LogP contribution in [0.3, 0.4) is 0 Å². The molecule has 1 heterocycles. The van der Waals surface area contributed by atoms with Crippen molar-refractivity contribution in [3.63, 3.8) is 0 Å². The molecule has 92 valence electrons. The van der Waals surface area contributed by atoms with Gasteiger partial charge < -0.3 is 5.32 Å². The van der Waals surface area contributed by atoms with Crippen LogP contribution in [0.2, 0.25) is 0 Å². The van der Waals surface area contributed by atoms with Gasteiger partial charge in [-0.05, 0) is 45.6 Å².